The summed E-state index contributed by atoms with van der Waals surface area (Å²) in [5.41, 5.74) is 17.8. The summed E-state index contributed by atoms with van der Waals surface area (Å²) in [5.74, 6) is 0. The predicted octanol–water partition coefficient (Wildman–Crippen LogP) is 16.8. The van der Waals surface area contributed by atoms with Gasteiger partial charge >= 0.3 is 0 Å². The van der Waals surface area contributed by atoms with Crippen LogP contribution in [-0.4, -0.2) is 4.57 Å². The molecule has 0 aliphatic rings. The third-order valence-electron chi connectivity index (χ3n) is 12.4. The van der Waals surface area contributed by atoms with Crippen molar-refractivity contribution in [2.45, 2.75) is 0 Å². The molecule has 12 aromatic rings. The van der Waals surface area contributed by atoms with Crippen LogP contribution >= 0.6 is 0 Å². The van der Waals surface area contributed by atoms with Gasteiger partial charge in [0.15, 0.2) is 0 Å². The lowest BCUT2D eigenvalue weighted by Crippen LogP contribution is -2.10. The van der Waals surface area contributed by atoms with Gasteiger partial charge in [-0.25, -0.2) is 0 Å². The van der Waals surface area contributed by atoms with E-state index in [-0.39, 0.29) is 0 Å². The van der Waals surface area contributed by atoms with E-state index >= 15 is 0 Å². The third-order valence-corrected chi connectivity index (χ3v) is 12.4. The molecule has 63 heavy (non-hydrogen) atoms. The van der Waals surface area contributed by atoms with Gasteiger partial charge in [-0.2, -0.15) is 0 Å². The van der Waals surface area contributed by atoms with E-state index in [2.05, 4.69) is 240 Å². The molecule has 12 rings (SSSR count). The van der Waals surface area contributed by atoms with Gasteiger partial charge < -0.3 is 13.9 Å². The molecule has 0 atom stereocenters. The average Bonchev–Trinajstić information content (AvgIpc) is 3.91. The molecular weight excluding hydrogens is 765 g/mol. The van der Waals surface area contributed by atoms with Crippen molar-refractivity contribution in [1.29, 1.82) is 0 Å². The number of para-hydroxylation sites is 4. The summed E-state index contributed by atoms with van der Waals surface area (Å²) < 4.78 is 8.84. The number of hydrogen-bond acceptors (Lipinski definition) is 2. The maximum atomic E-state index is 6.47. The summed E-state index contributed by atoms with van der Waals surface area (Å²) in [5, 5.41) is 4.71. The number of fused-ring (bicyclic) bond motifs is 6. The van der Waals surface area contributed by atoms with Crippen LogP contribution in [0, 0.1) is 0 Å². The van der Waals surface area contributed by atoms with E-state index in [1.165, 1.54) is 44.1 Å². The van der Waals surface area contributed by atoms with Crippen molar-refractivity contribution in [3.05, 3.63) is 243 Å². The van der Waals surface area contributed by atoms with Crippen molar-refractivity contribution in [1.82, 2.24) is 4.57 Å². The van der Waals surface area contributed by atoms with Gasteiger partial charge in [0, 0.05) is 49.9 Å². The van der Waals surface area contributed by atoms with E-state index in [1.54, 1.807) is 0 Å². The molecule has 0 amide bonds. The second-order valence-electron chi connectivity index (χ2n) is 16.1. The Morgan fingerprint density at radius 2 is 0.841 bits per heavy atom. The zero-order valence-corrected chi connectivity index (χ0v) is 34.4. The SMILES string of the molecule is c1ccc(-c2ccc(N(c3ccc(-c4cccc5c4oc4ccccc45)cc3)c3ccc(-c4ccccc4)c(-c4ccc5c(c4)c4ccccc4n5-c4ccccc4)c3)cc2)cc1. The fraction of sp³-hybridized carbons (Fsp3) is 0. The van der Waals surface area contributed by atoms with Gasteiger partial charge in [0.2, 0.25) is 0 Å². The third kappa shape index (κ3) is 6.38. The first-order valence-corrected chi connectivity index (χ1v) is 21.5. The molecule has 3 nitrogen and oxygen atoms in total. The Morgan fingerprint density at radius 3 is 1.59 bits per heavy atom. The van der Waals surface area contributed by atoms with Gasteiger partial charge in [0.25, 0.3) is 0 Å². The minimum absolute atomic E-state index is 0.901. The fourth-order valence-electron chi connectivity index (χ4n) is 9.42. The van der Waals surface area contributed by atoms with Gasteiger partial charge in [-0.15, -0.1) is 0 Å². The van der Waals surface area contributed by atoms with E-state index in [0.29, 0.717) is 0 Å². The van der Waals surface area contributed by atoms with Crippen molar-refractivity contribution >= 4 is 60.8 Å². The average molecular weight is 805 g/mol. The maximum absolute atomic E-state index is 6.47. The zero-order valence-electron chi connectivity index (χ0n) is 34.4. The van der Waals surface area contributed by atoms with Crippen LogP contribution in [0.5, 0.6) is 0 Å². The lowest BCUT2D eigenvalue weighted by Gasteiger charge is -2.27. The van der Waals surface area contributed by atoms with Crippen LogP contribution in [-0.2, 0) is 0 Å². The summed E-state index contributed by atoms with van der Waals surface area (Å²) in [4.78, 5) is 2.37. The molecule has 3 heteroatoms. The number of rotatable bonds is 8. The number of hydrogen-bond donors (Lipinski definition) is 0. The van der Waals surface area contributed by atoms with Crippen molar-refractivity contribution in [3.8, 4) is 50.2 Å². The molecule has 0 aliphatic carbocycles. The number of nitrogens with zero attached hydrogens (tertiary/aromatic N) is 2. The number of furan rings is 1. The molecular formula is C60H40N2O. The summed E-state index contributed by atoms with van der Waals surface area (Å²) in [6.07, 6.45) is 0. The molecule has 0 radical (unpaired) electrons. The van der Waals surface area contributed by atoms with Crippen molar-refractivity contribution in [2.24, 2.45) is 0 Å². The maximum Gasteiger partial charge on any atom is 0.143 e. The molecule has 0 saturated carbocycles. The smallest absolute Gasteiger partial charge is 0.143 e. The number of benzene rings is 10. The Morgan fingerprint density at radius 1 is 0.302 bits per heavy atom. The first-order valence-electron chi connectivity index (χ1n) is 21.5. The van der Waals surface area contributed by atoms with Crippen molar-refractivity contribution in [2.75, 3.05) is 4.90 Å². The fourth-order valence-corrected chi connectivity index (χ4v) is 9.42. The van der Waals surface area contributed by atoms with E-state index in [1.807, 2.05) is 12.1 Å². The normalized spacial score (nSPS) is 11.5. The lowest BCUT2D eigenvalue weighted by molar-refractivity contribution is 0.670. The molecule has 0 saturated heterocycles. The van der Waals surface area contributed by atoms with Gasteiger partial charge in [0.1, 0.15) is 11.2 Å². The monoisotopic (exact) mass is 804 g/mol. The van der Waals surface area contributed by atoms with Crippen molar-refractivity contribution < 1.29 is 4.42 Å². The quantitative estimate of drug-likeness (QED) is 0.153. The molecule has 0 bridgehead atoms. The Labute approximate surface area is 366 Å². The molecule has 10 aromatic carbocycles. The van der Waals surface area contributed by atoms with E-state index in [4.69, 9.17) is 4.42 Å². The topological polar surface area (TPSA) is 21.3 Å². The first kappa shape index (κ1) is 36.5. The minimum Gasteiger partial charge on any atom is -0.455 e. The van der Waals surface area contributed by atoms with Crippen LogP contribution < -0.4 is 4.90 Å². The van der Waals surface area contributed by atoms with Crippen LogP contribution in [0.3, 0.4) is 0 Å². The largest absolute Gasteiger partial charge is 0.455 e. The van der Waals surface area contributed by atoms with Gasteiger partial charge in [-0.3, -0.25) is 0 Å². The van der Waals surface area contributed by atoms with Crippen molar-refractivity contribution in [3.63, 3.8) is 0 Å². The highest BCUT2D eigenvalue weighted by Crippen LogP contribution is 2.44. The second-order valence-corrected chi connectivity index (χ2v) is 16.1. The first-order chi connectivity index (χ1) is 31.2. The number of anilines is 3. The predicted molar refractivity (Wildman–Crippen MR) is 264 cm³/mol. The Bertz CT molecular complexity index is 3590. The molecule has 2 aromatic heterocycles. The molecule has 0 spiro atoms. The van der Waals surface area contributed by atoms with Crippen LogP contribution in [0.1, 0.15) is 0 Å². The van der Waals surface area contributed by atoms with Crippen LogP contribution in [0.15, 0.2) is 247 Å². The molecule has 0 N–H and O–H groups in total. The Balaban J connectivity index is 1.03. The Hall–Kier alpha value is -8.40. The summed E-state index contributed by atoms with van der Waals surface area (Å²) >= 11 is 0. The molecule has 0 unspecified atom stereocenters. The standard InChI is InChI=1S/C60H40N2O/c1-4-15-41(16-5-1)42-27-32-47(33-28-42)61(48-34-29-44(30-35-48)51-23-14-24-54-53-22-11-13-26-59(53)63-60(51)54)49-36-37-50(43-17-6-2-7-18-43)55(40-49)45-31-38-58-56(39-45)52-21-10-12-25-57(52)62(58)46-19-8-3-9-20-46/h1-40H. The van der Waals surface area contributed by atoms with E-state index < -0.39 is 0 Å². The highest BCUT2D eigenvalue weighted by atomic mass is 16.3. The highest BCUT2D eigenvalue weighted by molar-refractivity contribution is 6.11. The molecule has 2 heterocycles. The van der Waals surface area contributed by atoms with Crippen LogP contribution in [0.2, 0.25) is 0 Å². The zero-order chi connectivity index (χ0) is 41.7. The molecule has 0 fully saturated rings. The van der Waals surface area contributed by atoms with Gasteiger partial charge in [-0.1, -0.05) is 170 Å². The second kappa shape index (κ2) is 15.3. The Kier molecular flexibility index (Phi) is 8.83. The minimum atomic E-state index is 0.901. The van der Waals surface area contributed by atoms with Crippen LogP contribution in [0.25, 0.3) is 93.9 Å². The summed E-state index contributed by atoms with van der Waals surface area (Å²) in [6.45, 7) is 0. The highest BCUT2D eigenvalue weighted by Gasteiger charge is 2.20. The molecule has 0 aliphatic heterocycles. The van der Waals surface area contributed by atoms with E-state index in [0.717, 1.165) is 66.9 Å². The number of aromatic nitrogens is 1. The van der Waals surface area contributed by atoms with Crippen LogP contribution in [0.4, 0.5) is 17.1 Å². The lowest BCUT2D eigenvalue weighted by atomic mass is 9.92. The summed E-state index contributed by atoms with van der Waals surface area (Å²) in [6, 6.07) is 87.1. The molecule has 296 valence electrons. The van der Waals surface area contributed by atoms with Gasteiger partial charge in [0.05, 0.1) is 11.0 Å². The van der Waals surface area contributed by atoms with E-state index in [9.17, 15) is 0 Å². The van der Waals surface area contributed by atoms with Gasteiger partial charge in [-0.05, 0) is 112 Å². The summed E-state index contributed by atoms with van der Waals surface area (Å²) in [7, 11) is 0.